The number of fused-ring (bicyclic) bond motifs is 1. The topological polar surface area (TPSA) is 76.2 Å². The van der Waals surface area contributed by atoms with Gasteiger partial charge in [-0.05, 0) is 24.6 Å². The summed E-state index contributed by atoms with van der Waals surface area (Å²) in [4.78, 5) is 21.6. The maximum Gasteiger partial charge on any atom is 0.321 e. The number of rotatable bonds is 5. The van der Waals surface area contributed by atoms with E-state index in [2.05, 4.69) is 35.3 Å². The molecule has 0 radical (unpaired) electrons. The highest BCUT2D eigenvalue weighted by Gasteiger charge is 2.24. The highest BCUT2D eigenvalue weighted by molar-refractivity contribution is 7.22. The van der Waals surface area contributed by atoms with Crippen LogP contribution < -0.4 is 24.4 Å². The van der Waals surface area contributed by atoms with Crippen molar-refractivity contribution in [2.24, 2.45) is 0 Å². The molecule has 31 heavy (non-hydrogen) atoms. The van der Waals surface area contributed by atoms with E-state index in [4.69, 9.17) is 19.2 Å². The van der Waals surface area contributed by atoms with Gasteiger partial charge in [0.05, 0.1) is 37.2 Å². The molecule has 1 aliphatic rings. The number of piperazine rings is 1. The SMILES string of the molecule is COc1cc(NC(=O)N2CCN(c3nc4ccc(C)cc4s3)CC2)cc(OC)c1OC. The van der Waals surface area contributed by atoms with Crippen molar-refractivity contribution in [1.82, 2.24) is 9.88 Å². The van der Waals surface area contributed by atoms with Crippen LogP contribution in [0, 0.1) is 6.92 Å². The lowest BCUT2D eigenvalue weighted by Crippen LogP contribution is -2.50. The zero-order valence-corrected chi connectivity index (χ0v) is 18.9. The number of anilines is 2. The third-order valence-electron chi connectivity index (χ3n) is 5.29. The number of nitrogens with zero attached hydrogens (tertiary/aromatic N) is 3. The predicted molar refractivity (Wildman–Crippen MR) is 123 cm³/mol. The summed E-state index contributed by atoms with van der Waals surface area (Å²) in [6, 6.07) is 9.59. The first-order valence-electron chi connectivity index (χ1n) is 10.0. The number of hydrogen-bond acceptors (Lipinski definition) is 7. The number of benzene rings is 2. The van der Waals surface area contributed by atoms with Gasteiger partial charge in [0.2, 0.25) is 5.75 Å². The van der Waals surface area contributed by atoms with Crippen LogP contribution in [0.25, 0.3) is 10.2 Å². The van der Waals surface area contributed by atoms with Gasteiger partial charge in [0.1, 0.15) is 0 Å². The minimum absolute atomic E-state index is 0.158. The minimum atomic E-state index is -0.158. The van der Waals surface area contributed by atoms with Crippen LogP contribution in [0.5, 0.6) is 17.2 Å². The molecule has 1 aromatic heterocycles. The van der Waals surface area contributed by atoms with E-state index in [0.29, 0.717) is 36.0 Å². The largest absolute Gasteiger partial charge is 0.493 e. The second kappa shape index (κ2) is 8.89. The van der Waals surface area contributed by atoms with Gasteiger partial charge in [-0.25, -0.2) is 9.78 Å². The molecule has 0 bridgehead atoms. The fourth-order valence-corrected chi connectivity index (χ4v) is 4.73. The van der Waals surface area contributed by atoms with Crippen LogP contribution in [-0.2, 0) is 0 Å². The van der Waals surface area contributed by atoms with Gasteiger partial charge in [0.25, 0.3) is 0 Å². The number of ether oxygens (including phenoxy) is 3. The first-order valence-corrected chi connectivity index (χ1v) is 10.8. The van der Waals surface area contributed by atoms with Crippen molar-refractivity contribution in [3.05, 3.63) is 35.9 Å². The van der Waals surface area contributed by atoms with Crippen LogP contribution in [0.15, 0.2) is 30.3 Å². The van der Waals surface area contributed by atoms with Gasteiger partial charge in [-0.2, -0.15) is 0 Å². The summed E-state index contributed by atoms with van der Waals surface area (Å²) >= 11 is 1.70. The predicted octanol–water partition coefficient (Wildman–Crippen LogP) is 3.98. The molecule has 3 aromatic rings. The van der Waals surface area contributed by atoms with Crippen molar-refractivity contribution in [2.45, 2.75) is 6.92 Å². The molecule has 0 aliphatic carbocycles. The Hall–Kier alpha value is -3.20. The van der Waals surface area contributed by atoms with E-state index in [1.165, 1.54) is 10.3 Å². The quantitative estimate of drug-likeness (QED) is 0.644. The standard InChI is InChI=1S/C22H26N4O4S/c1-14-5-6-16-19(11-14)31-22(24-16)26-9-7-25(8-10-26)21(27)23-15-12-17(28-2)20(30-4)18(13-15)29-3/h5-6,11-13H,7-10H2,1-4H3,(H,23,27). The van der Waals surface area contributed by atoms with Crippen LogP contribution >= 0.6 is 11.3 Å². The zero-order chi connectivity index (χ0) is 22.0. The third kappa shape index (κ3) is 4.32. The van der Waals surface area contributed by atoms with Crippen LogP contribution in [0.1, 0.15) is 5.56 Å². The van der Waals surface area contributed by atoms with Crippen LogP contribution in [0.4, 0.5) is 15.6 Å². The van der Waals surface area contributed by atoms with E-state index < -0.39 is 0 Å². The lowest BCUT2D eigenvalue weighted by molar-refractivity contribution is 0.208. The average Bonchev–Trinajstić information content (AvgIpc) is 3.21. The highest BCUT2D eigenvalue weighted by Crippen LogP contribution is 2.40. The molecule has 0 atom stereocenters. The van der Waals surface area contributed by atoms with Crippen molar-refractivity contribution >= 4 is 38.4 Å². The highest BCUT2D eigenvalue weighted by atomic mass is 32.1. The molecule has 0 spiro atoms. The number of carbonyl (C=O) groups is 1. The van der Waals surface area contributed by atoms with Crippen molar-refractivity contribution in [3.8, 4) is 17.2 Å². The van der Waals surface area contributed by atoms with E-state index >= 15 is 0 Å². The number of thiazole rings is 1. The Balaban J connectivity index is 1.41. The van der Waals surface area contributed by atoms with Crippen molar-refractivity contribution < 1.29 is 19.0 Å². The number of amides is 2. The van der Waals surface area contributed by atoms with Crippen LogP contribution in [0.2, 0.25) is 0 Å². The average molecular weight is 443 g/mol. The monoisotopic (exact) mass is 442 g/mol. The number of carbonyl (C=O) groups excluding carboxylic acids is 1. The number of aromatic nitrogens is 1. The number of nitrogens with one attached hydrogen (secondary N) is 1. The molecule has 1 N–H and O–H groups in total. The summed E-state index contributed by atoms with van der Waals surface area (Å²) in [5, 5.41) is 3.94. The number of methoxy groups -OCH3 is 3. The fourth-order valence-electron chi connectivity index (χ4n) is 3.61. The molecule has 8 nitrogen and oxygen atoms in total. The normalized spacial score (nSPS) is 13.9. The summed E-state index contributed by atoms with van der Waals surface area (Å²) in [7, 11) is 4.64. The summed E-state index contributed by atoms with van der Waals surface area (Å²) in [6.07, 6.45) is 0. The van der Waals surface area contributed by atoms with Crippen LogP contribution in [0.3, 0.4) is 0 Å². The first kappa shape index (κ1) is 21.0. The Bertz CT molecular complexity index is 1070. The van der Waals surface area contributed by atoms with Gasteiger partial charge in [-0.15, -0.1) is 0 Å². The molecule has 2 heterocycles. The van der Waals surface area contributed by atoms with Crippen LogP contribution in [-0.4, -0.2) is 63.4 Å². The van der Waals surface area contributed by atoms with Gasteiger partial charge < -0.3 is 29.3 Å². The molecule has 2 aromatic carbocycles. The van der Waals surface area contributed by atoms with E-state index in [1.807, 2.05) is 0 Å². The second-order valence-electron chi connectivity index (χ2n) is 7.29. The second-order valence-corrected chi connectivity index (χ2v) is 8.29. The third-order valence-corrected chi connectivity index (χ3v) is 6.37. The number of urea groups is 1. The van der Waals surface area contributed by atoms with Crippen molar-refractivity contribution in [1.29, 1.82) is 0 Å². The molecule has 1 aliphatic heterocycles. The minimum Gasteiger partial charge on any atom is -0.493 e. The Kier molecular flexibility index (Phi) is 6.03. The number of hydrogen-bond donors (Lipinski definition) is 1. The van der Waals surface area contributed by atoms with Gasteiger partial charge in [0.15, 0.2) is 16.6 Å². The lowest BCUT2D eigenvalue weighted by Gasteiger charge is -2.34. The molecule has 4 rings (SSSR count). The number of aryl methyl sites for hydroxylation is 1. The van der Waals surface area contributed by atoms with Crippen molar-refractivity contribution in [2.75, 3.05) is 57.7 Å². The molecule has 1 fully saturated rings. The molecule has 0 unspecified atom stereocenters. The van der Waals surface area contributed by atoms with E-state index in [-0.39, 0.29) is 6.03 Å². The molecular weight excluding hydrogens is 416 g/mol. The molecule has 2 amide bonds. The van der Waals surface area contributed by atoms with Gasteiger partial charge in [-0.1, -0.05) is 17.4 Å². The molecule has 1 saturated heterocycles. The maximum atomic E-state index is 12.8. The zero-order valence-electron chi connectivity index (χ0n) is 18.1. The maximum absolute atomic E-state index is 12.8. The van der Waals surface area contributed by atoms with Crippen molar-refractivity contribution in [3.63, 3.8) is 0 Å². The summed E-state index contributed by atoms with van der Waals surface area (Å²) in [6.45, 7) is 4.80. The summed E-state index contributed by atoms with van der Waals surface area (Å²) in [5.74, 6) is 1.48. The molecule has 0 saturated carbocycles. The molecule has 9 heteroatoms. The van der Waals surface area contributed by atoms with Gasteiger partial charge in [-0.3, -0.25) is 0 Å². The van der Waals surface area contributed by atoms with Gasteiger partial charge >= 0.3 is 6.03 Å². The Morgan fingerprint density at radius 3 is 2.29 bits per heavy atom. The Morgan fingerprint density at radius 2 is 1.68 bits per heavy atom. The Morgan fingerprint density at radius 1 is 1.00 bits per heavy atom. The first-order chi connectivity index (χ1) is 15.0. The van der Waals surface area contributed by atoms with Gasteiger partial charge in [0, 0.05) is 38.3 Å². The van der Waals surface area contributed by atoms with E-state index in [1.54, 1.807) is 49.7 Å². The molecular formula is C22H26N4O4S. The summed E-state index contributed by atoms with van der Waals surface area (Å²) in [5.41, 5.74) is 2.84. The lowest BCUT2D eigenvalue weighted by atomic mass is 10.2. The fraction of sp³-hybridized carbons (Fsp3) is 0.364. The molecule has 164 valence electrons. The van der Waals surface area contributed by atoms with E-state index in [9.17, 15) is 4.79 Å². The Labute approximate surface area is 185 Å². The summed E-state index contributed by atoms with van der Waals surface area (Å²) < 4.78 is 17.2. The smallest absolute Gasteiger partial charge is 0.321 e. The van der Waals surface area contributed by atoms with E-state index in [0.717, 1.165) is 23.7 Å².